The number of thiazole rings is 1. The van der Waals surface area contributed by atoms with Crippen LogP contribution in [0.4, 0.5) is 0 Å². The van der Waals surface area contributed by atoms with E-state index in [1.54, 1.807) is 11.3 Å². The minimum absolute atomic E-state index is 0.539. The van der Waals surface area contributed by atoms with Gasteiger partial charge in [-0.1, -0.05) is 0 Å². The molecule has 2 aliphatic heterocycles. The number of piperidine rings is 1. The minimum Gasteiger partial charge on any atom is -0.383 e. The second-order valence-corrected chi connectivity index (χ2v) is 7.80. The van der Waals surface area contributed by atoms with Crippen molar-refractivity contribution in [2.24, 2.45) is 5.41 Å². The molecule has 0 radical (unpaired) electrons. The number of aromatic nitrogens is 1. The molecule has 1 spiro atoms. The second-order valence-electron chi connectivity index (χ2n) is 6.87. The maximum Gasteiger partial charge on any atom is 0.0798 e. The number of hydrogen-bond donors (Lipinski definition) is 0. The standard InChI is InChI=1S/C16H27N3OS/c1-13-15(21-12-17-13)9-19-6-4-16(5-7-19)8-14(10-20-3)18(2)11-16/h12,14H,4-11H2,1-3H3. The lowest BCUT2D eigenvalue weighted by Gasteiger charge is -2.39. The maximum atomic E-state index is 5.38. The van der Waals surface area contributed by atoms with E-state index >= 15 is 0 Å². The summed E-state index contributed by atoms with van der Waals surface area (Å²) >= 11 is 1.80. The van der Waals surface area contributed by atoms with Crippen LogP contribution in [-0.2, 0) is 11.3 Å². The highest BCUT2D eigenvalue weighted by Gasteiger charge is 2.43. The highest BCUT2D eigenvalue weighted by molar-refractivity contribution is 7.09. The molecule has 1 atom stereocenters. The Bertz CT molecular complexity index is 468. The molecule has 2 fully saturated rings. The monoisotopic (exact) mass is 309 g/mol. The van der Waals surface area contributed by atoms with Crippen LogP contribution in [0.1, 0.15) is 29.8 Å². The van der Waals surface area contributed by atoms with E-state index in [1.807, 2.05) is 12.6 Å². The lowest BCUT2D eigenvalue weighted by molar-refractivity contribution is 0.105. The van der Waals surface area contributed by atoms with Crippen LogP contribution in [0.2, 0.25) is 0 Å². The molecule has 0 aliphatic carbocycles. The molecular formula is C16H27N3OS. The Hall–Kier alpha value is -0.490. The van der Waals surface area contributed by atoms with E-state index in [0.29, 0.717) is 11.5 Å². The van der Waals surface area contributed by atoms with E-state index in [4.69, 9.17) is 4.74 Å². The summed E-state index contributed by atoms with van der Waals surface area (Å²) in [5.74, 6) is 0. The summed E-state index contributed by atoms with van der Waals surface area (Å²) in [5.41, 5.74) is 3.72. The molecule has 2 saturated heterocycles. The first-order valence-corrected chi connectivity index (χ1v) is 8.80. The van der Waals surface area contributed by atoms with Gasteiger partial charge in [0, 0.05) is 31.1 Å². The average molecular weight is 309 g/mol. The van der Waals surface area contributed by atoms with Gasteiger partial charge in [0.25, 0.3) is 0 Å². The van der Waals surface area contributed by atoms with Crippen molar-refractivity contribution < 1.29 is 4.74 Å². The fourth-order valence-corrected chi connectivity index (χ4v) is 4.80. The molecule has 3 heterocycles. The van der Waals surface area contributed by atoms with Gasteiger partial charge in [-0.05, 0) is 51.7 Å². The zero-order chi connectivity index (χ0) is 14.9. The molecule has 1 aromatic rings. The van der Waals surface area contributed by atoms with Crippen LogP contribution in [0.3, 0.4) is 0 Å². The van der Waals surface area contributed by atoms with Gasteiger partial charge in [-0.25, -0.2) is 4.98 Å². The summed E-state index contributed by atoms with van der Waals surface area (Å²) in [6.07, 6.45) is 3.97. The zero-order valence-corrected chi connectivity index (χ0v) is 14.3. The Kier molecular flexibility index (Phi) is 4.64. The van der Waals surface area contributed by atoms with Crippen LogP contribution < -0.4 is 0 Å². The predicted molar refractivity (Wildman–Crippen MR) is 86.7 cm³/mol. The molecule has 21 heavy (non-hydrogen) atoms. The van der Waals surface area contributed by atoms with Gasteiger partial charge < -0.3 is 9.64 Å². The zero-order valence-electron chi connectivity index (χ0n) is 13.5. The van der Waals surface area contributed by atoms with Gasteiger partial charge in [-0.2, -0.15) is 0 Å². The largest absolute Gasteiger partial charge is 0.383 e. The summed E-state index contributed by atoms with van der Waals surface area (Å²) < 4.78 is 5.38. The number of hydrogen-bond acceptors (Lipinski definition) is 5. The van der Waals surface area contributed by atoms with Gasteiger partial charge in [0.1, 0.15) is 0 Å². The number of rotatable bonds is 4. The third kappa shape index (κ3) is 3.31. The van der Waals surface area contributed by atoms with Gasteiger partial charge >= 0.3 is 0 Å². The third-order valence-electron chi connectivity index (χ3n) is 5.36. The maximum absolute atomic E-state index is 5.38. The van der Waals surface area contributed by atoms with Crippen LogP contribution >= 0.6 is 11.3 Å². The number of nitrogens with zero attached hydrogens (tertiary/aromatic N) is 3. The summed E-state index contributed by atoms with van der Waals surface area (Å²) in [6.45, 7) is 7.79. The number of methoxy groups -OCH3 is 1. The molecule has 1 aromatic heterocycles. The Morgan fingerprint density at radius 1 is 1.43 bits per heavy atom. The average Bonchev–Trinajstić information content (AvgIpc) is 2.99. The van der Waals surface area contributed by atoms with Crippen molar-refractivity contribution >= 4 is 11.3 Å². The first-order valence-electron chi connectivity index (χ1n) is 7.92. The Labute approximate surface area is 132 Å². The van der Waals surface area contributed by atoms with E-state index in [-0.39, 0.29) is 0 Å². The molecular weight excluding hydrogens is 282 g/mol. The molecule has 0 N–H and O–H groups in total. The molecule has 4 nitrogen and oxygen atoms in total. The van der Waals surface area contributed by atoms with E-state index < -0.39 is 0 Å². The summed E-state index contributed by atoms with van der Waals surface area (Å²) in [6, 6.07) is 0.616. The molecule has 1 unspecified atom stereocenters. The number of likely N-dealkylation sites (N-methyl/N-ethyl adjacent to an activating group) is 1. The SMILES string of the molecule is COCC1CC2(CCN(Cc3scnc3C)CC2)CN1C. The minimum atomic E-state index is 0.539. The summed E-state index contributed by atoms with van der Waals surface area (Å²) in [4.78, 5) is 10.9. The molecule has 0 saturated carbocycles. The van der Waals surface area contributed by atoms with E-state index in [1.165, 1.54) is 49.5 Å². The first kappa shape index (κ1) is 15.4. The van der Waals surface area contributed by atoms with Crippen molar-refractivity contribution in [1.29, 1.82) is 0 Å². The van der Waals surface area contributed by atoms with E-state index in [0.717, 1.165) is 13.2 Å². The lowest BCUT2D eigenvalue weighted by atomic mass is 9.76. The van der Waals surface area contributed by atoms with E-state index in [9.17, 15) is 0 Å². The molecule has 0 aromatic carbocycles. The predicted octanol–water partition coefficient (Wildman–Crippen LogP) is 2.38. The highest BCUT2D eigenvalue weighted by Crippen LogP contribution is 2.43. The van der Waals surface area contributed by atoms with Crippen LogP contribution in [0.15, 0.2) is 5.51 Å². The number of likely N-dealkylation sites (tertiary alicyclic amines) is 2. The van der Waals surface area contributed by atoms with Crippen molar-refractivity contribution in [2.75, 3.05) is 40.4 Å². The van der Waals surface area contributed by atoms with Gasteiger partial charge in [0.15, 0.2) is 0 Å². The van der Waals surface area contributed by atoms with Crippen LogP contribution in [0, 0.1) is 12.3 Å². The third-order valence-corrected chi connectivity index (χ3v) is 6.28. The van der Waals surface area contributed by atoms with Crippen molar-refractivity contribution in [3.63, 3.8) is 0 Å². The summed E-state index contributed by atoms with van der Waals surface area (Å²) in [7, 11) is 4.07. The van der Waals surface area contributed by atoms with Crippen LogP contribution in [-0.4, -0.2) is 61.2 Å². The lowest BCUT2D eigenvalue weighted by Crippen LogP contribution is -2.40. The van der Waals surface area contributed by atoms with Crippen LogP contribution in [0.5, 0.6) is 0 Å². The molecule has 0 bridgehead atoms. The van der Waals surface area contributed by atoms with Gasteiger partial charge in [0.2, 0.25) is 0 Å². The number of ether oxygens (including phenoxy) is 1. The van der Waals surface area contributed by atoms with Crippen molar-refractivity contribution in [1.82, 2.24) is 14.8 Å². The summed E-state index contributed by atoms with van der Waals surface area (Å²) in [5, 5.41) is 0. The molecule has 2 aliphatic rings. The fraction of sp³-hybridized carbons (Fsp3) is 0.812. The Morgan fingerprint density at radius 3 is 2.81 bits per heavy atom. The molecule has 0 amide bonds. The highest BCUT2D eigenvalue weighted by atomic mass is 32.1. The van der Waals surface area contributed by atoms with Crippen LogP contribution in [0.25, 0.3) is 0 Å². The van der Waals surface area contributed by atoms with Gasteiger partial charge in [-0.3, -0.25) is 4.90 Å². The normalized spacial score (nSPS) is 26.7. The van der Waals surface area contributed by atoms with Crippen molar-refractivity contribution in [3.8, 4) is 0 Å². The van der Waals surface area contributed by atoms with E-state index in [2.05, 4.69) is 28.8 Å². The quantitative estimate of drug-likeness (QED) is 0.854. The molecule has 118 valence electrons. The molecule has 3 rings (SSSR count). The molecule has 5 heteroatoms. The van der Waals surface area contributed by atoms with Gasteiger partial charge in [-0.15, -0.1) is 11.3 Å². The fourth-order valence-electron chi connectivity index (χ4n) is 3.99. The topological polar surface area (TPSA) is 28.6 Å². The van der Waals surface area contributed by atoms with Gasteiger partial charge in [0.05, 0.1) is 17.8 Å². The van der Waals surface area contributed by atoms with Crippen molar-refractivity contribution in [3.05, 3.63) is 16.1 Å². The smallest absolute Gasteiger partial charge is 0.0798 e. The second kappa shape index (κ2) is 6.32. The Balaban J connectivity index is 1.54. The first-order chi connectivity index (χ1) is 10.1. The Morgan fingerprint density at radius 2 is 2.19 bits per heavy atom. The van der Waals surface area contributed by atoms with Crippen molar-refractivity contribution in [2.45, 2.75) is 38.8 Å². The number of aryl methyl sites for hydroxylation is 1.